The number of carbonyl (C=O) groups is 2. The van der Waals surface area contributed by atoms with E-state index in [9.17, 15) is 9.59 Å². The molecule has 20 heavy (non-hydrogen) atoms. The van der Waals surface area contributed by atoms with Gasteiger partial charge in [0.05, 0.1) is 17.9 Å². The minimum atomic E-state index is -0.288. The molecule has 5 heteroatoms. The summed E-state index contributed by atoms with van der Waals surface area (Å²) in [5.41, 5.74) is 2.34. The first-order chi connectivity index (χ1) is 9.74. The van der Waals surface area contributed by atoms with Crippen molar-refractivity contribution in [2.24, 2.45) is 0 Å². The van der Waals surface area contributed by atoms with Crippen LogP contribution >= 0.6 is 0 Å². The molecule has 2 amide bonds. The number of hydrogen-bond acceptors (Lipinski definition) is 4. The molecule has 0 atom stereocenters. The number of amides is 2. The first-order valence-corrected chi connectivity index (χ1v) is 6.14. The Morgan fingerprint density at radius 2 is 1.65 bits per heavy atom. The molecule has 98 valence electrons. The average Bonchev–Trinajstić information content (AvgIpc) is 2.81. The summed E-state index contributed by atoms with van der Waals surface area (Å²) in [6.45, 7) is 0.236. The molecule has 0 fully saturated rings. The third-order valence-electron chi connectivity index (χ3n) is 2.99. The molecule has 1 aliphatic rings. The zero-order chi connectivity index (χ0) is 13.9. The summed E-state index contributed by atoms with van der Waals surface area (Å²) in [7, 11) is 0. The lowest BCUT2D eigenvalue weighted by Gasteiger charge is -2.13. The fourth-order valence-corrected chi connectivity index (χ4v) is 1.95. The summed E-state index contributed by atoms with van der Waals surface area (Å²) in [6.07, 6.45) is 5.91. The van der Waals surface area contributed by atoms with Crippen molar-refractivity contribution in [3.8, 4) is 11.4 Å². The highest BCUT2D eigenvalue weighted by Crippen LogP contribution is 2.15. The maximum Gasteiger partial charge on any atom is 0.253 e. The van der Waals surface area contributed by atoms with Crippen LogP contribution in [0.5, 0.6) is 0 Å². The largest absolute Gasteiger partial charge is 0.271 e. The Labute approximate surface area is 115 Å². The molecule has 0 aliphatic carbocycles. The maximum absolute atomic E-state index is 11.5. The SMILES string of the molecule is O=C1C=CC(=O)N1Cc1ccc(-c2ccccn2)nc1. The third kappa shape index (κ3) is 2.33. The molecule has 2 aromatic heterocycles. The Bertz CT molecular complexity index is 660. The molecule has 0 N–H and O–H groups in total. The normalized spacial score (nSPS) is 14.1. The molecule has 0 aromatic carbocycles. The zero-order valence-corrected chi connectivity index (χ0v) is 10.6. The fraction of sp³-hybridized carbons (Fsp3) is 0.0667. The number of pyridine rings is 2. The van der Waals surface area contributed by atoms with Gasteiger partial charge in [-0.2, -0.15) is 0 Å². The number of hydrogen-bond donors (Lipinski definition) is 0. The standard InChI is InChI=1S/C15H11N3O2/c19-14-6-7-15(20)18(14)10-11-4-5-13(17-9-11)12-3-1-2-8-16-12/h1-9H,10H2. The van der Waals surface area contributed by atoms with Crippen molar-refractivity contribution in [1.82, 2.24) is 14.9 Å². The van der Waals surface area contributed by atoms with Gasteiger partial charge in [-0.1, -0.05) is 12.1 Å². The summed E-state index contributed by atoms with van der Waals surface area (Å²) < 4.78 is 0. The molecule has 1 aliphatic heterocycles. The van der Waals surface area contributed by atoms with Crippen LogP contribution in [0.25, 0.3) is 11.4 Å². The zero-order valence-electron chi connectivity index (χ0n) is 10.6. The summed E-state index contributed by atoms with van der Waals surface area (Å²) in [5, 5.41) is 0. The lowest BCUT2D eigenvalue weighted by atomic mass is 10.2. The summed E-state index contributed by atoms with van der Waals surface area (Å²) in [6, 6.07) is 9.28. The quantitative estimate of drug-likeness (QED) is 0.790. The van der Waals surface area contributed by atoms with Crippen molar-refractivity contribution in [2.75, 3.05) is 0 Å². The van der Waals surface area contributed by atoms with E-state index < -0.39 is 0 Å². The van der Waals surface area contributed by atoms with Crippen molar-refractivity contribution in [2.45, 2.75) is 6.54 Å². The van der Waals surface area contributed by atoms with E-state index in [4.69, 9.17) is 0 Å². The molecular weight excluding hydrogens is 254 g/mol. The van der Waals surface area contributed by atoms with E-state index in [1.165, 1.54) is 17.1 Å². The van der Waals surface area contributed by atoms with Gasteiger partial charge in [-0.25, -0.2) is 0 Å². The molecule has 3 rings (SSSR count). The monoisotopic (exact) mass is 265 g/mol. The second kappa shape index (κ2) is 5.05. The van der Waals surface area contributed by atoms with E-state index in [0.29, 0.717) is 0 Å². The minimum Gasteiger partial charge on any atom is -0.271 e. The minimum absolute atomic E-state index is 0.236. The Morgan fingerprint density at radius 3 is 2.25 bits per heavy atom. The highest BCUT2D eigenvalue weighted by Gasteiger charge is 2.23. The lowest BCUT2D eigenvalue weighted by Crippen LogP contribution is -2.29. The maximum atomic E-state index is 11.5. The molecular formula is C15H11N3O2. The van der Waals surface area contributed by atoms with Gasteiger partial charge < -0.3 is 0 Å². The van der Waals surface area contributed by atoms with E-state index in [2.05, 4.69) is 9.97 Å². The second-order valence-electron chi connectivity index (χ2n) is 4.36. The fourth-order valence-electron chi connectivity index (χ4n) is 1.95. The van der Waals surface area contributed by atoms with Gasteiger partial charge >= 0.3 is 0 Å². The van der Waals surface area contributed by atoms with Crippen molar-refractivity contribution < 1.29 is 9.59 Å². The van der Waals surface area contributed by atoms with E-state index >= 15 is 0 Å². The number of aromatic nitrogens is 2. The van der Waals surface area contributed by atoms with Crippen LogP contribution in [-0.4, -0.2) is 26.7 Å². The number of nitrogens with zero attached hydrogens (tertiary/aromatic N) is 3. The molecule has 0 saturated carbocycles. The number of carbonyl (C=O) groups excluding carboxylic acids is 2. The van der Waals surface area contributed by atoms with Crippen LogP contribution in [0.4, 0.5) is 0 Å². The van der Waals surface area contributed by atoms with E-state index in [1.807, 2.05) is 30.3 Å². The van der Waals surface area contributed by atoms with Crippen molar-refractivity contribution in [3.63, 3.8) is 0 Å². The van der Waals surface area contributed by atoms with Gasteiger partial charge in [0.25, 0.3) is 11.8 Å². The average molecular weight is 265 g/mol. The Balaban J connectivity index is 1.77. The van der Waals surface area contributed by atoms with Gasteiger partial charge in [0.2, 0.25) is 0 Å². The molecule has 0 spiro atoms. The van der Waals surface area contributed by atoms with Gasteiger partial charge in [0, 0.05) is 24.5 Å². The van der Waals surface area contributed by atoms with Gasteiger partial charge in [-0.3, -0.25) is 24.5 Å². The molecule has 0 unspecified atom stereocenters. The molecule has 2 aromatic rings. The van der Waals surface area contributed by atoms with E-state index in [-0.39, 0.29) is 18.4 Å². The van der Waals surface area contributed by atoms with Crippen LogP contribution in [0.3, 0.4) is 0 Å². The van der Waals surface area contributed by atoms with Crippen molar-refractivity contribution in [1.29, 1.82) is 0 Å². The van der Waals surface area contributed by atoms with Crippen LogP contribution in [0.1, 0.15) is 5.56 Å². The van der Waals surface area contributed by atoms with Crippen LogP contribution < -0.4 is 0 Å². The lowest BCUT2D eigenvalue weighted by molar-refractivity contribution is -0.137. The van der Waals surface area contributed by atoms with Crippen LogP contribution in [0.15, 0.2) is 54.9 Å². The van der Waals surface area contributed by atoms with Gasteiger partial charge in [0.1, 0.15) is 0 Å². The molecule has 0 bridgehead atoms. The van der Waals surface area contributed by atoms with Gasteiger partial charge in [0.15, 0.2) is 0 Å². The molecule has 0 radical (unpaired) electrons. The smallest absolute Gasteiger partial charge is 0.253 e. The highest BCUT2D eigenvalue weighted by atomic mass is 16.2. The predicted molar refractivity (Wildman–Crippen MR) is 72.2 cm³/mol. The topological polar surface area (TPSA) is 63.2 Å². The number of rotatable bonds is 3. The summed E-state index contributed by atoms with van der Waals surface area (Å²) in [5.74, 6) is -0.576. The Kier molecular flexibility index (Phi) is 3.09. The van der Waals surface area contributed by atoms with Gasteiger partial charge in [-0.05, 0) is 23.8 Å². The van der Waals surface area contributed by atoms with E-state index in [1.54, 1.807) is 12.4 Å². The van der Waals surface area contributed by atoms with Crippen LogP contribution in [0, 0.1) is 0 Å². The summed E-state index contributed by atoms with van der Waals surface area (Å²) in [4.78, 5) is 32.6. The Morgan fingerprint density at radius 1 is 0.900 bits per heavy atom. The number of imide groups is 1. The van der Waals surface area contributed by atoms with E-state index in [0.717, 1.165) is 17.0 Å². The highest BCUT2D eigenvalue weighted by molar-refractivity contribution is 6.12. The molecule has 5 nitrogen and oxygen atoms in total. The van der Waals surface area contributed by atoms with Crippen molar-refractivity contribution >= 4 is 11.8 Å². The van der Waals surface area contributed by atoms with Crippen LogP contribution in [0.2, 0.25) is 0 Å². The first-order valence-electron chi connectivity index (χ1n) is 6.14. The first kappa shape index (κ1) is 12.2. The molecule has 0 saturated heterocycles. The van der Waals surface area contributed by atoms with Gasteiger partial charge in [-0.15, -0.1) is 0 Å². The predicted octanol–water partition coefficient (Wildman–Crippen LogP) is 1.57. The second-order valence-corrected chi connectivity index (χ2v) is 4.36. The third-order valence-corrected chi connectivity index (χ3v) is 2.99. The Hall–Kier alpha value is -2.82. The van der Waals surface area contributed by atoms with Crippen molar-refractivity contribution in [3.05, 3.63) is 60.4 Å². The molecule has 3 heterocycles. The summed E-state index contributed by atoms with van der Waals surface area (Å²) >= 11 is 0. The van der Waals surface area contributed by atoms with Crippen LogP contribution in [-0.2, 0) is 16.1 Å².